The molecule has 0 amide bonds. The van der Waals surface area contributed by atoms with Crippen LogP contribution in [0.4, 0.5) is 0 Å². The van der Waals surface area contributed by atoms with Crippen molar-refractivity contribution in [2.75, 3.05) is 0 Å². The van der Waals surface area contributed by atoms with Crippen molar-refractivity contribution in [3.05, 3.63) is 41.5 Å². The van der Waals surface area contributed by atoms with Crippen LogP contribution in [0.15, 0.2) is 35.9 Å². The number of rotatable bonds is 3. The summed E-state index contributed by atoms with van der Waals surface area (Å²) in [5, 5.41) is 0. The first-order chi connectivity index (χ1) is 8.31. The lowest BCUT2D eigenvalue weighted by atomic mass is 9.89. The maximum atomic E-state index is 11.7. The first-order valence-electron chi connectivity index (χ1n) is 6.31. The standard InChI is InChI=1S/C15H16O2/c1-2-12-14(15(16)17-12)13(11-8-9-11)10-6-4-3-5-7-10/h3-7,11-12H,2,8-9H2,1H3/b14-13-/t12-/m0/s1. The average Bonchev–Trinajstić information content (AvgIpc) is 3.17. The second-order valence-corrected chi connectivity index (χ2v) is 4.77. The number of carbonyl (C=O) groups is 1. The van der Waals surface area contributed by atoms with Gasteiger partial charge in [-0.2, -0.15) is 0 Å². The van der Waals surface area contributed by atoms with E-state index in [0.29, 0.717) is 5.92 Å². The van der Waals surface area contributed by atoms with Crippen LogP contribution in [0.5, 0.6) is 0 Å². The zero-order valence-corrected chi connectivity index (χ0v) is 9.98. The van der Waals surface area contributed by atoms with Crippen molar-refractivity contribution < 1.29 is 9.53 Å². The third kappa shape index (κ3) is 1.78. The molecule has 0 unspecified atom stereocenters. The molecule has 1 aromatic rings. The molecular formula is C15H16O2. The Morgan fingerprint density at radius 2 is 2.00 bits per heavy atom. The Bertz CT molecular complexity index is 469. The highest BCUT2D eigenvalue weighted by Crippen LogP contribution is 2.46. The highest BCUT2D eigenvalue weighted by molar-refractivity contribution is 6.04. The molecule has 2 heteroatoms. The molecule has 0 radical (unpaired) electrons. The molecule has 1 saturated heterocycles. The van der Waals surface area contributed by atoms with E-state index >= 15 is 0 Å². The van der Waals surface area contributed by atoms with Crippen LogP contribution in [0.25, 0.3) is 5.57 Å². The van der Waals surface area contributed by atoms with E-state index in [9.17, 15) is 4.79 Å². The van der Waals surface area contributed by atoms with Crippen LogP contribution in [0, 0.1) is 5.92 Å². The first-order valence-corrected chi connectivity index (χ1v) is 6.31. The van der Waals surface area contributed by atoms with E-state index in [-0.39, 0.29) is 12.1 Å². The SMILES string of the molecule is CC[C@@H]1OC(=O)/C1=C(/c1ccccc1)C1CC1. The largest absolute Gasteiger partial charge is 0.454 e. The Morgan fingerprint density at radius 3 is 2.53 bits per heavy atom. The molecule has 1 aliphatic carbocycles. The molecule has 88 valence electrons. The molecule has 1 heterocycles. The van der Waals surface area contributed by atoms with Gasteiger partial charge < -0.3 is 4.74 Å². The van der Waals surface area contributed by atoms with Crippen molar-refractivity contribution in [2.24, 2.45) is 5.92 Å². The summed E-state index contributed by atoms with van der Waals surface area (Å²) in [5.41, 5.74) is 3.37. The summed E-state index contributed by atoms with van der Waals surface area (Å²) < 4.78 is 5.18. The zero-order valence-electron chi connectivity index (χ0n) is 9.98. The summed E-state index contributed by atoms with van der Waals surface area (Å²) >= 11 is 0. The normalized spacial score (nSPS) is 26.2. The Hall–Kier alpha value is -1.57. The number of ether oxygens (including phenoxy) is 1. The number of hydrogen-bond acceptors (Lipinski definition) is 2. The number of cyclic esters (lactones) is 1. The van der Waals surface area contributed by atoms with E-state index in [0.717, 1.165) is 12.0 Å². The van der Waals surface area contributed by atoms with E-state index in [1.165, 1.54) is 24.0 Å². The van der Waals surface area contributed by atoms with Crippen molar-refractivity contribution in [3.63, 3.8) is 0 Å². The molecule has 0 N–H and O–H groups in total. The fourth-order valence-corrected chi connectivity index (χ4v) is 2.50. The highest BCUT2D eigenvalue weighted by Gasteiger charge is 2.41. The smallest absolute Gasteiger partial charge is 0.338 e. The van der Waals surface area contributed by atoms with Crippen LogP contribution in [-0.4, -0.2) is 12.1 Å². The van der Waals surface area contributed by atoms with Gasteiger partial charge in [0.2, 0.25) is 0 Å². The van der Waals surface area contributed by atoms with Crippen LogP contribution in [-0.2, 0) is 9.53 Å². The van der Waals surface area contributed by atoms with Crippen molar-refractivity contribution in [1.29, 1.82) is 0 Å². The molecule has 17 heavy (non-hydrogen) atoms. The third-order valence-electron chi connectivity index (χ3n) is 3.52. The lowest BCUT2D eigenvalue weighted by Crippen LogP contribution is -2.37. The maximum absolute atomic E-state index is 11.7. The van der Waals surface area contributed by atoms with Gasteiger partial charge in [-0.3, -0.25) is 0 Å². The molecule has 1 aromatic carbocycles. The topological polar surface area (TPSA) is 26.3 Å². The fourth-order valence-electron chi connectivity index (χ4n) is 2.50. The summed E-state index contributed by atoms with van der Waals surface area (Å²) in [6.45, 7) is 2.06. The summed E-state index contributed by atoms with van der Waals surface area (Å²) in [4.78, 5) is 11.7. The van der Waals surface area contributed by atoms with Gasteiger partial charge >= 0.3 is 5.97 Å². The van der Waals surface area contributed by atoms with Gasteiger partial charge in [0.25, 0.3) is 0 Å². The summed E-state index contributed by atoms with van der Waals surface area (Å²) in [7, 11) is 0. The Labute approximate surface area is 101 Å². The van der Waals surface area contributed by atoms with Crippen molar-refractivity contribution >= 4 is 11.5 Å². The van der Waals surface area contributed by atoms with Crippen molar-refractivity contribution in [1.82, 2.24) is 0 Å². The molecule has 2 nitrogen and oxygen atoms in total. The molecule has 2 aliphatic rings. The Kier molecular flexibility index (Phi) is 2.50. The molecule has 0 aromatic heterocycles. The first kappa shape index (κ1) is 10.6. The van der Waals surface area contributed by atoms with Crippen LogP contribution in [0.1, 0.15) is 31.7 Å². The van der Waals surface area contributed by atoms with E-state index in [1.54, 1.807) is 0 Å². The predicted molar refractivity (Wildman–Crippen MR) is 66.3 cm³/mol. The maximum Gasteiger partial charge on any atom is 0.338 e. The van der Waals surface area contributed by atoms with Gasteiger partial charge in [0, 0.05) is 0 Å². The highest BCUT2D eigenvalue weighted by atomic mass is 16.6. The monoisotopic (exact) mass is 228 g/mol. The number of carbonyl (C=O) groups excluding carboxylic acids is 1. The Morgan fingerprint density at radius 1 is 1.29 bits per heavy atom. The summed E-state index contributed by atoms with van der Waals surface area (Å²) in [6, 6.07) is 10.3. The van der Waals surface area contributed by atoms with Crippen molar-refractivity contribution in [2.45, 2.75) is 32.3 Å². The number of allylic oxidation sites excluding steroid dienone is 1. The van der Waals surface area contributed by atoms with Gasteiger partial charge in [-0.15, -0.1) is 0 Å². The van der Waals surface area contributed by atoms with Gasteiger partial charge in [-0.1, -0.05) is 37.3 Å². The van der Waals surface area contributed by atoms with Crippen LogP contribution in [0.2, 0.25) is 0 Å². The van der Waals surface area contributed by atoms with Crippen LogP contribution in [0.3, 0.4) is 0 Å². The van der Waals surface area contributed by atoms with E-state index in [1.807, 2.05) is 18.2 Å². The second-order valence-electron chi connectivity index (χ2n) is 4.77. The quantitative estimate of drug-likeness (QED) is 0.586. The molecule has 1 saturated carbocycles. The van der Waals surface area contributed by atoms with Crippen LogP contribution >= 0.6 is 0 Å². The summed E-state index contributed by atoms with van der Waals surface area (Å²) in [6.07, 6.45) is 3.32. The Balaban J connectivity index is 2.06. The second kappa shape index (κ2) is 4.02. The van der Waals surface area contributed by atoms with Gasteiger partial charge in [0.15, 0.2) is 0 Å². The minimum absolute atomic E-state index is 0.0262. The van der Waals surface area contributed by atoms with Crippen molar-refractivity contribution in [3.8, 4) is 0 Å². The number of benzene rings is 1. The van der Waals surface area contributed by atoms with Crippen LogP contribution < -0.4 is 0 Å². The molecule has 0 bridgehead atoms. The molecule has 1 aliphatic heterocycles. The fraction of sp³-hybridized carbons (Fsp3) is 0.400. The third-order valence-corrected chi connectivity index (χ3v) is 3.52. The molecular weight excluding hydrogens is 212 g/mol. The minimum atomic E-state index is -0.109. The predicted octanol–water partition coefficient (Wildman–Crippen LogP) is 3.19. The van der Waals surface area contributed by atoms with E-state index in [4.69, 9.17) is 4.74 Å². The van der Waals surface area contributed by atoms with E-state index < -0.39 is 0 Å². The van der Waals surface area contributed by atoms with E-state index in [2.05, 4.69) is 19.1 Å². The van der Waals surface area contributed by atoms with Gasteiger partial charge in [0.05, 0.1) is 5.57 Å². The molecule has 3 rings (SSSR count). The molecule has 1 atom stereocenters. The molecule has 2 fully saturated rings. The van der Waals surface area contributed by atoms with Gasteiger partial charge in [-0.05, 0) is 36.3 Å². The number of hydrogen-bond donors (Lipinski definition) is 0. The van der Waals surface area contributed by atoms with Gasteiger partial charge in [-0.25, -0.2) is 4.79 Å². The zero-order chi connectivity index (χ0) is 11.8. The molecule has 0 spiro atoms. The summed E-state index contributed by atoms with van der Waals surface area (Å²) in [5.74, 6) is 0.469. The lowest BCUT2D eigenvalue weighted by molar-refractivity contribution is -0.155. The average molecular weight is 228 g/mol. The number of esters is 1. The lowest BCUT2D eigenvalue weighted by Gasteiger charge is -2.31. The minimum Gasteiger partial charge on any atom is -0.454 e. The van der Waals surface area contributed by atoms with Gasteiger partial charge in [0.1, 0.15) is 6.10 Å².